The molecule has 3 N–H and O–H groups in total. The van der Waals surface area contributed by atoms with E-state index in [1.165, 1.54) is 19.3 Å². The molecule has 0 radical (unpaired) electrons. The normalized spacial score (nSPS) is 29.0. The van der Waals surface area contributed by atoms with Crippen molar-refractivity contribution < 1.29 is 0 Å². The maximum atomic E-state index is 6.05. The van der Waals surface area contributed by atoms with Gasteiger partial charge in [0.25, 0.3) is 0 Å². The third-order valence-corrected chi connectivity index (χ3v) is 3.93. The predicted octanol–water partition coefficient (Wildman–Crippen LogP) is 0.756. The number of nitrogens with two attached hydrogens (primary N) is 1. The Balaban J connectivity index is 1.74. The molecule has 1 aromatic rings. The van der Waals surface area contributed by atoms with E-state index in [9.17, 15) is 0 Å². The number of aromatic nitrogens is 3. The summed E-state index contributed by atoms with van der Waals surface area (Å²) in [5, 5.41) is 12.2. The SMILES string of the molecule is NC1CCCn2c(CC3CCCCN3)nnc21. The second-order valence-corrected chi connectivity index (χ2v) is 5.23. The molecule has 94 valence electrons. The van der Waals surface area contributed by atoms with Gasteiger partial charge in [0, 0.05) is 19.0 Å². The number of nitrogens with one attached hydrogen (secondary N) is 1. The molecule has 0 aromatic carbocycles. The lowest BCUT2D eigenvalue weighted by atomic mass is 10.0. The fourth-order valence-corrected chi connectivity index (χ4v) is 2.94. The van der Waals surface area contributed by atoms with Crippen LogP contribution in [0.25, 0.3) is 0 Å². The summed E-state index contributed by atoms with van der Waals surface area (Å²) in [7, 11) is 0. The van der Waals surface area contributed by atoms with Crippen molar-refractivity contribution in [2.45, 2.75) is 57.2 Å². The summed E-state index contributed by atoms with van der Waals surface area (Å²) in [6.45, 7) is 2.18. The van der Waals surface area contributed by atoms with Crippen LogP contribution in [-0.4, -0.2) is 27.4 Å². The van der Waals surface area contributed by atoms with Crippen LogP contribution in [0.3, 0.4) is 0 Å². The summed E-state index contributed by atoms with van der Waals surface area (Å²) in [6, 6.07) is 0.666. The molecule has 2 atom stereocenters. The molecule has 17 heavy (non-hydrogen) atoms. The first-order valence-corrected chi connectivity index (χ1v) is 6.75. The van der Waals surface area contributed by atoms with Crippen LogP contribution in [0.2, 0.25) is 0 Å². The van der Waals surface area contributed by atoms with E-state index < -0.39 is 0 Å². The fraction of sp³-hybridized carbons (Fsp3) is 0.833. The number of hydrogen-bond donors (Lipinski definition) is 2. The average Bonchev–Trinajstić information content (AvgIpc) is 2.76. The molecule has 1 fully saturated rings. The standard InChI is InChI=1S/C12H21N5/c13-10-5-3-7-17-11(15-16-12(10)17)8-9-4-1-2-6-14-9/h9-10,14H,1-8,13H2. The van der Waals surface area contributed by atoms with Gasteiger partial charge in [0.1, 0.15) is 11.6 Å². The van der Waals surface area contributed by atoms with Crippen LogP contribution in [0.4, 0.5) is 0 Å². The van der Waals surface area contributed by atoms with Crippen molar-refractivity contribution in [3.05, 3.63) is 11.6 Å². The molecule has 0 aliphatic carbocycles. The molecule has 3 rings (SSSR count). The van der Waals surface area contributed by atoms with Gasteiger partial charge in [-0.05, 0) is 32.2 Å². The van der Waals surface area contributed by atoms with Gasteiger partial charge in [-0.3, -0.25) is 0 Å². The smallest absolute Gasteiger partial charge is 0.149 e. The summed E-state index contributed by atoms with van der Waals surface area (Å²) in [5.41, 5.74) is 6.05. The molecule has 5 heteroatoms. The molecule has 2 aliphatic heterocycles. The van der Waals surface area contributed by atoms with Gasteiger partial charge in [0.15, 0.2) is 0 Å². The highest BCUT2D eigenvalue weighted by atomic mass is 15.3. The topological polar surface area (TPSA) is 68.8 Å². The van der Waals surface area contributed by atoms with Gasteiger partial charge in [-0.25, -0.2) is 0 Å². The summed E-state index contributed by atoms with van der Waals surface area (Å²) in [6.07, 6.45) is 7.09. The first-order valence-electron chi connectivity index (χ1n) is 6.75. The van der Waals surface area contributed by atoms with E-state index >= 15 is 0 Å². The Morgan fingerprint density at radius 2 is 2.18 bits per heavy atom. The molecular weight excluding hydrogens is 214 g/mol. The van der Waals surface area contributed by atoms with Crippen molar-refractivity contribution in [1.29, 1.82) is 0 Å². The molecule has 0 saturated carbocycles. The zero-order valence-corrected chi connectivity index (χ0v) is 10.2. The van der Waals surface area contributed by atoms with Crippen molar-refractivity contribution in [2.75, 3.05) is 6.54 Å². The van der Waals surface area contributed by atoms with Crippen molar-refractivity contribution >= 4 is 0 Å². The number of nitrogens with zero attached hydrogens (tertiary/aromatic N) is 3. The Labute approximate surface area is 102 Å². The molecule has 0 spiro atoms. The highest BCUT2D eigenvalue weighted by molar-refractivity contribution is 5.05. The van der Waals surface area contributed by atoms with E-state index in [4.69, 9.17) is 5.73 Å². The average molecular weight is 235 g/mol. The van der Waals surface area contributed by atoms with Crippen LogP contribution >= 0.6 is 0 Å². The molecule has 0 bridgehead atoms. The number of fused-ring (bicyclic) bond motifs is 1. The maximum Gasteiger partial charge on any atom is 0.149 e. The molecule has 1 aromatic heterocycles. The molecular formula is C12H21N5. The van der Waals surface area contributed by atoms with Crippen LogP contribution < -0.4 is 11.1 Å². The van der Waals surface area contributed by atoms with E-state index in [2.05, 4.69) is 20.1 Å². The van der Waals surface area contributed by atoms with Gasteiger partial charge in [0.05, 0.1) is 6.04 Å². The quantitative estimate of drug-likeness (QED) is 0.794. The lowest BCUT2D eigenvalue weighted by Gasteiger charge is -2.25. The number of piperidine rings is 1. The summed E-state index contributed by atoms with van der Waals surface area (Å²) < 4.78 is 2.24. The highest BCUT2D eigenvalue weighted by Gasteiger charge is 2.24. The first kappa shape index (κ1) is 11.2. The molecule has 1 saturated heterocycles. The van der Waals surface area contributed by atoms with E-state index in [1.54, 1.807) is 0 Å². The lowest BCUT2D eigenvalue weighted by Crippen LogP contribution is -2.36. The number of rotatable bonds is 2. The van der Waals surface area contributed by atoms with Crippen molar-refractivity contribution in [2.24, 2.45) is 5.73 Å². The Bertz CT molecular complexity index is 380. The molecule has 2 aliphatic rings. The van der Waals surface area contributed by atoms with Gasteiger partial charge < -0.3 is 15.6 Å². The van der Waals surface area contributed by atoms with E-state index in [0.717, 1.165) is 44.0 Å². The summed E-state index contributed by atoms with van der Waals surface area (Å²) in [5.74, 6) is 2.11. The molecule has 0 amide bonds. The Morgan fingerprint density at radius 3 is 3.00 bits per heavy atom. The van der Waals surface area contributed by atoms with Crippen LogP contribution in [0.5, 0.6) is 0 Å². The first-order chi connectivity index (χ1) is 8.34. The molecule has 3 heterocycles. The van der Waals surface area contributed by atoms with Gasteiger partial charge in [-0.15, -0.1) is 10.2 Å². The largest absolute Gasteiger partial charge is 0.321 e. The summed E-state index contributed by atoms with van der Waals surface area (Å²) in [4.78, 5) is 0. The Hall–Kier alpha value is -0.940. The number of hydrogen-bond acceptors (Lipinski definition) is 4. The summed E-state index contributed by atoms with van der Waals surface area (Å²) >= 11 is 0. The van der Waals surface area contributed by atoms with Gasteiger partial charge in [-0.1, -0.05) is 6.42 Å². The molecule has 5 nitrogen and oxygen atoms in total. The van der Waals surface area contributed by atoms with Crippen LogP contribution in [0.1, 0.15) is 49.8 Å². The van der Waals surface area contributed by atoms with Gasteiger partial charge in [0.2, 0.25) is 0 Å². The fourth-order valence-electron chi connectivity index (χ4n) is 2.94. The molecule has 2 unspecified atom stereocenters. The van der Waals surface area contributed by atoms with Crippen molar-refractivity contribution in [3.63, 3.8) is 0 Å². The lowest BCUT2D eigenvalue weighted by molar-refractivity contribution is 0.381. The Morgan fingerprint density at radius 1 is 1.24 bits per heavy atom. The third kappa shape index (κ3) is 2.21. The van der Waals surface area contributed by atoms with Gasteiger partial charge in [-0.2, -0.15) is 0 Å². The minimum Gasteiger partial charge on any atom is -0.321 e. The van der Waals surface area contributed by atoms with Crippen LogP contribution in [0.15, 0.2) is 0 Å². The highest BCUT2D eigenvalue weighted by Crippen LogP contribution is 2.23. The van der Waals surface area contributed by atoms with E-state index in [0.29, 0.717) is 6.04 Å². The van der Waals surface area contributed by atoms with Crippen LogP contribution in [0, 0.1) is 0 Å². The second-order valence-electron chi connectivity index (χ2n) is 5.23. The van der Waals surface area contributed by atoms with Crippen molar-refractivity contribution in [1.82, 2.24) is 20.1 Å². The maximum absolute atomic E-state index is 6.05. The predicted molar refractivity (Wildman–Crippen MR) is 65.5 cm³/mol. The minimum absolute atomic E-state index is 0.0873. The Kier molecular flexibility index (Phi) is 3.11. The third-order valence-electron chi connectivity index (χ3n) is 3.93. The zero-order chi connectivity index (χ0) is 11.7. The van der Waals surface area contributed by atoms with Gasteiger partial charge >= 0.3 is 0 Å². The van der Waals surface area contributed by atoms with E-state index in [-0.39, 0.29) is 6.04 Å². The van der Waals surface area contributed by atoms with Crippen molar-refractivity contribution in [3.8, 4) is 0 Å². The zero-order valence-electron chi connectivity index (χ0n) is 10.2. The van der Waals surface area contributed by atoms with Crippen LogP contribution in [-0.2, 0) is 13.0 Å². The van der Waals surface area contributed by atoms with E-state index in [1.807, 2.05) is 0 Å². The minimum atomic E-state index is 0.0873. The second kappa shape index (κ2) is 4.74. The monoisotopic (exact) mass is 235 g/mol.